The molecule has 7 heteroatoms. The minimum atomic E-state index is -0.0146. The van der Waals surface area contributed by atoms with Crippen LogP contribution in [0, 0.1) is 26.7 Å². The summed E-state index contributed by atoms with van der Waals surface area (Å²) in [5.74, 6) is 0.968. The third kappa shape index (κ3) is 4.02. The first-order valence-corrected chi connectivity index (χ1v) is 11.7. The van der Waals surface area contributed by atoms with Crippen molar-refractivity contribution in [2.75, 3.05) is 29.9 Å². The Labute approximate surface area is 199 Å². The van der Waals surface area contributed by atoms with Gasteiger partial charge >= 0.3 is 0 Å². The van der Waals surface area contributed by atoms with Crippen LogP contribution in [0.15, 0.2) is 53.3 Å². The second-order valence-corrected chi connectivity index (χ2v) is 9.20. The normalized spacial score (nSPS) is 14.5. The SMILES string of the molecule is Cc1ccc(-c2noc3ncnc(N4CCC(C(=O)N(C)c5ccc(C)c(C)c5)CC4)c23)cc1. The summed E-state index contributed by atoms with van der Waals surface area (Å²) in [6, 6.07) is 14.4. The molecule has 0 bridgehead atoms. The molecule has 1 amide bonds. The van der Waals surface area contributed by atoms with Gasteiger partial charge in [-0.3, -0.25) is 4.79 Å². The van der Waals surface area contributed by atoms with Crippen molar-refractivity contribution in [2.24, 2.45) is 5.92 Å². The highest BCUT2D eigenvalue weighted by molar-refractivity contribution is 5.98. The van der Waals surface area contributed by atoms with Gasteiger partial charge in [-0.25, -0.2) is 4.98 Å². The molecule has 3 heterocycles. The van der Waals surface area contributed by atoms with Crippen molar-refractivity contribution in [3.05, 3.63) is 65.5 Å². The van der Waals surface area contributed by atoms with Gasteiger partial charge in [0.15, 0.2) is 0 Å². The van der Waals surface area contributed by atoms with Gasteiger partial charge in [0.1, 0.15) is 23.2 Å². The summed E-state index contributed by atoms with van der Waals surface area (Å²) in [5.41, 5.74) is 6.75. The molecule has 0 saturated carbocycles. The van der Waals surface area contributed by atoms with Crippen LogP contribution in [0.5, 0.6) is 0 Å². The van der Waals surface area contributed by atoms with Crippen molar-refractivity contribution in [1.29, 1.82) is 0 Å². The van der Waals surface area contributed by atoms with Crippen LogP contribution in [0.1, 0.15) is 29.5 Å². The highest BCUT2D eigenvalue weighted by atomic mass is 16.5. The van der Waals surface area contributed by atoms with Gasteiger partial charge in [0.2, 0.25) is 5.91 Å². The smallest absolute Gasteiger partial charge is 0.263 e. The van der Waals surface area contributed by atoms with Crippen LogP contribution >= 0.6 is 0 Å². The zero-order valence-electron chi connectivity index (χ0n) is 20.1. The molecule has 7 nitrogen and oxygen atoms in total. The number of carbonyl (C=O) groups is 1. The second kappa shape index (κ2) is 8.89. The van der Waals surface area contributed by atoms with Gasteiger partial charge in [-0.05, 0) is 56.9 Å². The van der Waals surface area contributed by atoms with Crippen LogP contribution in [-0.2, 0) is 4.79 Å². The first-order valence-electron chi connectivity index (χ1n) is 11.7. The predicted molar refractivity (Wildman–Crippen MR) is 134 cm³/mol. The van der Waals surface area contributed by atoms with Crippen molar-refractivity contribution < 1.29 is 9.32 Å². The number of amides is 1. The van der Waals surface area contributed by atoms with E-state index in [2.05, 4.69) is 65.1 Å². The van der Waals surface area contributed by atoms with Gasteiger partial charge in [-0.15, -0.1) is 0 Å². The Balaban J connectivity index is 1.35. The molecule has 4 aromatic rings. The fraction of sp³-hybridized carbons (Fsp3) is 0.333. The maximum atomic E-state index is 13.2. The molecule has 0 N–H and O–H groups in total. The summed E-state index contributed by atoms with van der Waals surface area (Å²) in [6.07, 6.45) is 3.06. The van der Waals surface area contributed by atoms with Crippen LogP contribution in [0.25, 0.3) is 22.4 Å². The molecule has 1 aliphatic heterocycles. The van der Waals surface area contributed by atoms with Crippen molar-refractivity contribution >= 4 is 28.5 Å². The first kappa shape index (κ1) is 22.1. The number of carbonyl (C=O) groups excluding carboxylic acids is 1. The fourth-order valence-electron chi connectivity index (χ4n) is 4.59. The lowest BCUT2D eigenvalue weighted by Crippen LogP contribution is -2.41. The standard InChI is InChI=1S/C27H29N5O2/c1-17-5-8-20(9-6-17)24-23-25(28-16-29-26(23)34-30-24)32-13-11-21(12-14-32)27(33)31(4)22-10-7-18(2)19(3)15-22/h5-10,15-16,21H,11-14H2,1-4H3. The summed E-state index contributed by atoms with van der Waals surface area (Å²) in [5, 5.41) is 5.12. The lowest BCUT2D eigenvalue weighted by Gasteiger charge is -2.34. The van der Waals surface area contributed by atoms with Gasteiger partial charge in [-0.1, -0.05) is 41.1 Å². The monoisotopic (exact) mass is 455 g/mol. The van der Waals surface area contributed by atoms with E-state index in [1.54, 1.807) is 4.90 Å². The number of rotatable bonds is 4. The van der Waals surface area contributed by atoms with Crippen LogP contribution in [0.3, 0.4) is 0 Å². The number of benzene rings is 2. The Morgan fingerprint density at radius 2 is 1.74 bits per heavy atom. The number of hydrogen-bond acceptors (Lipinski definition) is 6. The third-order valence-electron chi connectivity index (χ3n) is 6.93. The van der Waals surface area contributed by atoms with E-state index in [1.165, 1.54) is 23.0 Å². The first-order chi connectivity index (χ1) is 16.4. The molecule has 0 unspecified atom stereocenters. The zero-order chi connectivity index (χ0) is 23.8. The molecule has 5 rings (SSSR count). The molecule has 0 radical (unpaired) electrons. The summed E-state index contributed by atoms with van der Waals surface area (Å²) >= 11 is 0. The van der Waals surface area contributed by atoms with E-state index in [4.69, 9.17) is 4.52 Å². The Hall–Kier alpha value is -3.74. The van der Waals surface area contributed by atoms with Crippen molar-refractivity contribution in [3.8, 4) is 11.3 Å². The molecule has 1 saturated heterocycles. The van der Waals surface area contributed by atoms with E-state index < -0.39 is 0 Å². The van der Waals surface area contributed by atoms with Gasteiger partial charge in [0.25, 0.3) is 5.71 Å². The number of fused-ring (bicyclic) bond motifs is 1. The van der Waals surface area contributed by atoms with E-state index in [0.717, 1.165) is 54.1 Å². The number of nitrogens with zero attached hydrogens (tertiary/aromatic N) is 5. The van der Waals surface area contributed by atoms with Crippen molar-refractivity contribution in [3.63, 3.8) is 0 Å². The Morgan fingerprint density at radius 1 is 1.00 bits per heavy atom. The largest absolute Gasteiger partial charge is 0.356 e. The summed E-state index contributed by atoms with van der Waals surface area (Å²) in [4.78, 5) is 26.1. The van der Waals surface area contributed by atoms with E-state index >= 15 is 0 Å². The molecular weight excluding hydrogens is 426 g/mol. The molecule has 2 aromatic carbocycles. The lowest BCUT2D eigenvalue weighted by molar-refractivity contribution is -0.122. The van der Waals surface area contributed by atoms with E-state index in [-0.39, 0.29) is 11.8 Å². The molecule has 1 fully saturated rings. The maximum absolute atomic E-state index is 13.2. The fourth-order valence-corrected chi connectivity index (χ4v) is 4.59. The molecule has 0 spiro atoms. The third-order valence-corrected chi connectivity index (χ3v) is 6.93. The Morgan fingerprint density at radius 3 is 2.44 bits per heavy atom. The van der Waals surface area contributed by atoms with Crippen LogP contribution in [0.4, 0.5) is 11.5 Å². The molecule has 0 aliphatic carbocycles. The highest BCUT2D eigenvalue weighted by Crippen LogP contribution is 2.35. The van der Waals surface area contributed by atoms with E-state index in [0.29, 0.717) is 5.71 Å². The minimum absolute atomic E-state index is 0.0146. The molecule has 0 atom stereocenters. The molecular formula is C27H29N5O2. The molecule has 1 aliphatic rings. The van der Waals surface area contributed by atoms with Gasteiger partial charge < -0.3 is 14.3 Å². The highest BCUT2D eigenvalue weighted by Gasteiger charge is 2.30. The van der Waals surface area contributed by atoms with Crippen LogP contribution in [-0.4, -0.2) is 41.2 Å². The number of piperidine rings is 1. The summed E-state index contributed by atoms with van der Waals surface area (Å²) in [7, 11) is 1.87. The van der Waals surface area contributed by atoms with Crippen LogP contribution in [0.2, 0.25) is 0 Å². The van der Waals surface area contributed by atoms with E-state index in [1.807, 2.05) is 25.2 Å². The average Bonchev–Trinajstić information content (AvgIpc) is 3.30. The molecule has 34 heavy (non-hydrogen) atoms. The predicted octanol–water partition coefficient (Wildman–Crippen LogP) is 5.09. The lowest BCUT2D eigenvalue weighted by atomic mass is 9.94. The summed E-state index contributed by atoms with van der Waals surface area (Å²) < 4.78 is 5.53. The quantitative estimate of drug-likeness (QED) is 0.427. The maximum Gasteiger partial charge on any atom is 0.263 e. The number of anilines is 2. The Bertz CT molecular complexity index is 1340. The molecule has 2 aromatic heterocycles. The van der Waals surface area contributed by atoms with Crippen molar-refractivity contribution in [2.45, 2.75) is 33.6 Å². The van der Waals surface area contributed by atoms with Crippen LogP contribution < -0.4 is 9.80 Å². The van der Waals surface area contributed by atoms with Gasteiger partial charge in [0, 0.05) is 37.3 Å². The van der Waals surface area contributed by atoms with Gasteiger partial charge in [0.05, 0.1) is 0 Å². The zero-order valence-corrected chi connectivity index (χ0v) is 20.1. The topological polar surface area (TPSA) is 75.4 Å². The number of aryl methyl sites for hydroxylation is 3. The Kier molecular flexibility index (Phi) is 5.77. The summed E-state index contributed by atoms with van der Waals surface area (Å²) in [6.45, 7) is 7.69. The van der Waals surface area contributed by atoms with Crippen molar-refractivity contribution in [1.82, 2.24) is 15.1 Å². The van der Waals surface area contributed by atoms with Gasteiger partial charge in [-0.2, -0.15) is 4.98 Å². The van der Waals surface area contributed by atoms with E-state index in [9.17, 15) is 4.79 Å². The number of aromatic nitrogens is 3. The molecule has 174 valence electrons. The number of hydrogen-bond donors (Lipinski definition) is 0. The average molecular weight is 456 g/mol. The minimum Gasteiger partial charge on any atom is -0.356 e. The second-order valence-electron chi connectivity index (χ2n) is 9.20.